The Bertz CT molecular complexity index is 949. The summed E-state index contributed by atoms with van der Waals surface area (Å²) in [6.07, 6.45) is 0. The molecule has 0 spiro atoms. The van der Waals surface area contributed by atoms with Gasteiger partial charge in [-0.25, -0.2) is 4.39 Å². The molecule has 0 unspecified atom stereocenters. The number of carbonyl (C=O) groups is 2. The summed E-state index contributed by atoms with van der Waals surface area (Å²) in [5.41, 5.74) is 3.65. The van der Waals surface area contributed by atoms with Crippen molar-refractivity contribution in [3.63, 3.8) is 0 Å². The molecular formula is C22H22FNO2S. The summed E-state index contributed by atoms with van der Waals surface area (Å²) < 4.78 is 14.1. The monoisotopic (exact) mass is 383 g/mol. The summed E-state index contributed by atoms with van der Waals surface area (Å²) in [6, 6.07) is 12.0. The van der Waals surface area contributed by atoms with Crippen molar-refractivity contribution in [2.24, 2.45) is 0 Å². The molecular weight excluding hydrogens is 361 g/mol. The van der Waals surface area contributed by atoms with E-state index in [2.05, 4.69) is 0 Å². The molecule has 140 valence electrons. The van der Waals surface area contributed by atoms with Crippen molar-refractivity contribution in [3.8, 4) is 0 Å². The highest BCUT2D eigenvalue weighted by Gasteiger charge is 2.39. The third-order valence-corrected chi connectivity index (χ3v) is 5.65. The zero-order chi connectivity index (χ0) is 19.7. The molecule has 3 nitrogen and oxygen atoms in total. The maximum absolute atomic E-state index is 14.1. The number of nitrogens with zero attached hydrogens (tertiary/aromatic N) is 1. The van der Waals surface area contributed by atoms with Crippen LogP contribution >= 0.6 is 11.8 Å². The molecule has 1 aliphatic rings. The molecule has 5 heteroatoms. The number of aryl methyl sites for hydroxylation is 2. The van der Waals surface area contributed by atoms with E-state index >= 15 is 0 Å². The van der Waals surface area contributed by atoms with Crippen LogP contribution in [-0.4, -0.2) is 22.0 Å². The molecule has 0 saturated heterocycles. The Morgan fingerprint density at radius 2 is 1.70 bits per heavy atom. The van der Waals surface area contributed by atoms with Crippen molar-refractivity contribution in [3.05, 3.63) is 75.4 Å². The van der Waals surface area contributed by atoms with Crippen molar-refractivity contribution in [1.29, 1.82) is 0 Å². The topological polar surface area (TPSA) is 37.4 Å². The van der Waals surface area contributed by atoms with Crippen LogP contribution in [0.2, 0.25) is 0 Å². The number of hydrogen-bond donors (Lipinski definition) is 0. The molecule has 1 heterocycles. The Hall–Kier alpha value is -2.40. The summed E-state index contributed by atoms with van der Waals surface area (Å²) in [5.74, 6) is -1.14. The Balaban J connectivity index is 2.03. The van der Waals surface area contributed by atoms with Gasteiger partial charge in [0.2, 0.25) is 0 Å². The van der Waals surface area contributed by atoms with E-state index in [1.54, 1.807) is 18.2 Å². The molecule has 0 fully saturated rings. The highest BCUT2D eigenvalue weighted by Crippen LogP contribution is 2.39. The van der Waals surface area contributed by atoms with Gasteiger partial charge in [0.1, 0.15) is 5.82 Å². The van der Waals surface area contributed by atoms with Gasteiger partial charge in [0.05, 0.1) is 17.0 Å². The Kier molecular flexibility index (Phi) is 5.51. The molecule has 0 saturated carbocycles. The van der Waals surface area contributed by atoms with Crippen LogP contribution in [0.15, 0.2) is 47.4 Å². The normalized spacial score (nSPS) is 14.7. The van der Waals surface area contributed by atoms with Gasteiger partial charge in [0, 0.05) is 10.8 Å². The molecule has 0 N–H and O–H groups in total. The van der Waals surface area contributed by atoms with Crippen molar-refractivity contribution in [1.82, 2.24) is 4.90 Å². The van der Waals surface area contributed by atoms with Gasteiger partial charge in [-0.05, 0) is 36.6 Å². The van der Waals surface area contributed by atoms with Crippen LogP contribution in [0.25, 0.3) is 5.57 Å². The minimum atomic E-state index is -0.421. The zero-order valence-corrected chi connectivity index (χ0v) is 16.7. The van der Waals surface area contributed by atoms with Crippen molar-refractivity contribution in [2.45, 2.75) is 39.5 Å². The highest BCUT2D eigenvalue weighted by atomic mass is 32.2. The number of benzene rings is 2. The molecule has 0 bridgehead atoms. The van der Waals surface area contributed by atoms with E-state index < -0.39 is 5.82 Å². The van der Waals surface area contributed by atoms with Crippen LogP contribution in [-0.2, 0) is 16.1 Å². The maximum atomic E-state index is 14.1. The minimum Gasteiger partial charge on any atom is -0.269 e. The lowest BCUT2D eigenvalue weighted by Crippen LogP contribution is -2.31. The van der Waals surface area contributed by atoms with Gasteiger partial charge < -0.3 is 0 Å². The number of amides is 2. The van der Waals surface area contributed by atoms with E-state index in [0.717, 1.165) is 21.6 Å². The summed E-state index contributed by atoms with van der Waals surface area (Å²) in [4.78, 5) is 27.7. The lowest BCUT2D eigenvalue weighted by Gasteiger charge is -2.16. The number of halogens is 1. The van der Waals surface area contributed by atoms with Crippen LogP contribution in [0.1, 0.15) is 36.1 Å². The number of thioether (sulfide) groups is 1. The molecule has 0 aliphatic carbocycles. The number of rotatable bonds is 5. The van der Waals surface area contributed by atoms with Crippen LogP contribution in [0.3, 0.4) is 0 Å². The second-order valence-electron chi connectivity index (χ2n) is 6.96. The second-order valence-corrected chi connectivity index (χ2v) is 8.54. The minimum absolute atomic E-state index is 0.0686. The molecule has 3 rings (SSSR count). The van der Waals surface area contributed by atoms with Crippen LogP contribution in [0.5, 0.6) is 0 Å². The van der Waals surface area contributed by atoms with Crippen molar-refractivity contribution < 1.29 is 14.0 Å². The first-order chi connectivity index (χ1) is 12.8. The van der Waals surface area contributed by atoms with Gasteiger partial charge in [-0.3, -0.25) is 14.5 Å². The van der Waals surface area contributed by atoms with Crippen LogP contribution in [0.4, 0.5) is 4.39 Å². The van der Waals surface area contributed by atoms with E-state index in [0.29, 0.717) is 16.0 Å². The zero-order valence-electron chi connectivity index (χ0n) is 15.9. The third kappa shape index (κ3) is 3.83. The van der Waals surface area contributed by atoms with Gasteiger partial charge in [0.15, 0.2) is 0 Å². The van der Waals surface area contributed by atoms with Gasteiger partial charge >= 0.3 is 0 Å². The molecule has 2 amide bonds. The lowest BCUT2D eigenvalue weighted by molar-refractivity contribution is -0.137. The first-order valence-electron chi connectivity index (χ1n) is 8.87. The SMILES string of the molecule is Cc1ccc(C2=C(SC(C)C)C(=O)N(Cc3ccccc3F)C2=O)cc1C. The molecule has 1 aliphatic heterocycles. The average Bonchev–Trinajstić information content (AvgIpc) is 2.83. The fourth-order valence-electron chi connectivity index (χ4n) is 2.99. The smallest absolute Gasteiger partial charge is 0.268 e. The summed E-state index contributed by atoms with van der Waals surface area (Å²) >= 11 is 1.38. The van der Waals surface area contributed by atoms with Crippen molar-refractivity contribution >= 4 is 29.1 Å². The Labute approximate surface area is 163 Å². The van der Waals surface area contributed by atoms with Gasteiger partial charge in [-0.1, -0.05) is 50.2 Å². The molecule has 27 heavy (non-hydrogen) atoms. The van der Waals surface area contributed by atoms with E-state index in [-0.39, 0.29) is 23.6 Å². The standard InChI is InChI=1S/C22H22FNO2S/c1-13(2)27-20-19(16-10-9-14(3)15(4)11-16)21(25)24(22(20)26)12-17-7-5-6-8-18(17)23/h5-11,13H,12H2,1-4H3. The molecule has 0 aromatic heterocycles. The fraction of sp³-hybridized carbons (Fsp3) is 0.273. The van der Waals surface area contributed by atoms with Gasteiger partial charge in [0.25, 0.3) is 11.8 Å². The first kappa shape index (κ1) is 19.4. The van der Waals surface area contributed by atoms with Gasteiger partial charge in [-0.2, -0.15) is 0 Å². The maximum Gasteiger partial charge on any atom is 0.268 e. The predicted octanol–water partition coefficient (Wildman–Crippen LogP) is 4.86. The van der Waals surface area contributed by atoms with E-state index in [9.17, 15) is 14.0 Å². The fourth-order valence-corrected chi connectivity index (χ4v) is 4.00. The molecule has 2 aromatic rings. The lowest BCUT2D eigenvalue weighted by atomic mass is 10.0. The summed E-state index contributed by atoms with van der Waals surface area (Å²) in [7, 11) is 0. The third-order valence-electron chi connectivity index (χ3n) is 4.56. The van der Waals surface area contributed by atoms with E-state index in [4.69, 9.17) is 0 Å². The summed E-state index contributed by atoms with van der Waals surface area (Å²) in [6.45, 7) is 7.87. The quantitative estimate of drug-likeness (QED) is 0.692. The predicted molar refractivity (Wildman–Crippen MR) is 108 cm³/mol. The molecule has 0 atom stereocenters. The number of imide groups is 1. The highest BCUT2D eigenvalue weighted by molar-refractivity contribution is 8.04. The molecule has 2 aromatic carbocycles. The van der Waals surface area contributed by atoms with E-state index in [1.807, 2.05) is 45.9 Å². The summed E-state index contributed by atoms with van der Waals surface area (Å²) in [5, 5.41) is 0.145. The van der Waals surface area contributed by atoms with Crippen LogP contribution in [0, 0.1) is 19.7 Å². The average molecular weight is 383 g/mol. The Morgan fingerprint density at radius 3 is 2.33 bits per heavy atom. The second kappa shape index (κ2) is 7.69. The van der Waals surface area contributed by atoms with Crippen LogP contribution < -0.4 is 0 Å². The molecule has 0 radical (unpaired) electrons. The van der Waals surface area contributed by atoms with Gasteiger partial charge in [-0.15, -0.1) is 11.8 Å². The first-order valence-corrected chi connectivity index (χ1v) is 9.75. The number of carbonyl (C=O) groups excluding carboxylic acids is 2. The Morgan fingerprint density at radius 1 is 1.00 bits per heavy atom. The number of hydrogen-bond acceptors (Lipinski definition) is 3. The van der Waals surface area contributed by atoms with E-state index in [1.165, 1.54) is 17.8 Å². The van der Waals surface area contributed by atoms with Crippen molar-refractivity contribution in [2.75, 3.05) is 0 Å². The largest absolute Gasteiger partial charge is 0.269 e.